The predicted octanol–water partition coefficient (Wildman–Crippen LogP) is 3.04. The highest BCUT2D eigenvalue weighted by molar-refractivity contribution is 5.92. The minimum atomic E-state index is -0.795. The Hall–Kier alpha value is -5.33. The number of hydrogen-bond donors (Lipinski definition) is 2. The molecule has 0 aliphatic rings. The number of nitro benzene ring substituents is 1. The van der Waals surface area contributed by atoms with Gasteiger partial charge in [-0.25, -0.2) is 9.18 Å². The Bertz CT molecular complexity index is 1660. The molecule has 1 amide bonds. The Morgan fingerprint density at radius 3 is 2.61 bits per heavy atom. The Kier molecular flexibility index (Phi) is 7.56. The first-order valence-electron chi connectivity index (χ1n) is 11.2. The molecule has 3 aromatic carbocycles. The highest BCUT2D eigenvalue weighted by Gasteiger charge is 2.23. The van der Waals surface area contributed by atoms with Crippen molar-refractivity contribution in [3.8, 4) is 11.5 Å². The van der Waals surface area contributed by atoms with Gasteiger partial charge in [0.1, 0.15) is 5.82 Å². The number of aromatic nitrogens is 2. The summed E-state index contributed by atoms with van der Waals surface area (Å²) in [5, 5.41) is 18.4. The van der Waals surface area contributed by atoms with E-state index in [4.69, 9.17) is 9.47 Å². The number of nitrogens with zero attached hydrogens (tertiary/aromatic N) is 3. The van der Waals surface area contributed by atoms with E-state index in [0.29, 0.717) is 15.9 Å². The standard InChI is InChI=1S/C25H20FN5O7/c1-2-37-21-12-15(13-27-30-24(33)18-5-3-4-6-19(18)29-25(30)34)11-20(31(35)36)23(21)38-14-22(32)28-17-9-7-16(26)8-10-17/h3-13H,2,14H2,1H3,(H,28,32)(H,29,34). The van der Waals surface area contributed by atoms with Gasteiger partial charge in [-0.1, -0.05) is 12.1 Å². The molecule has 0 unspecified atom stereocenters. The van der Waals surface area contributed by atoms with Crippen LogP contribution in [-0.4, -0.2) is 39.9 Å². The molecule has 4 rings (SSSR count). The molecular weight excluding hydrogens is 501 g/mol. The van der Waals surface area contributed by atoms with Gasteiger partial charge in [0.25, 0.3) is 11.5 Å². The minimum Gasteiger partial charge on any atom is -0.490 e. The Morgan fingerprint density at radius 2 is 1.89 bits per heavy atom. The van der Waals surface area contributed by atoms with Gasteiger partial charge in [-0.3, -0.25) is 19.7 Å². The van der Waals surface area contributed by atoms with Crippen LogP contribution in [0.3, 0.4) is 0 Å². The second-order valence-corrected chi connectivity index (χ2v) is 7.74. The lowest BCUT2D eigenvalue weighted by atomic mass is 10.2. The summed E-state index contributed by atoms with van der Waals surface area (Å²) < 4.78 is 24.6. The van der Waals surface area contributed by atoms with E-state index < -0.39 is 40.2 Å². The molecule has 12 nitrogen and oxygen atoms in total. The summed E-state index contributed by atoms with van der Waals surface area (Å²) in [6.07, 6.45) is 1.09. The molecule has 0 saturated heterocycles. The number of nitrogens with one attached hydrogen (secondary N) is 2. The fraction of sp³-hybridized carbons (Fsp3) is 0.120. The maximum Gasteiger partial charge on any atom is 0.349 e. The van der Waals surface area contributed by atoms with Crippen molar-refractivity contribution in [2.45, 2.75) is 6.92 Å². The lowest BCUT2D eigenvalue weighted by molar-refractivity contribution is -0.385. The van der Waals surface area contributed by atoms with E-state index in [1.807, 2.05) is 0 Å². The first kappa shape index (κ1) is 25.8. The quantitative estimate of drug-likeness (QED) is 0.195. The number of para-hydroxylation sites is 1. The number of hydrogen-bond acceptors (Lipinski definition) is 8. The lowest BCUT2D eigenvalue weighted by Gasteiger charge is -2.13. The molecule has 0 saturated carbocycles. The summed E-state index contributed by atoms with van der Waals surface area (Å²) in [5.41, 5.74) is -1.23. The number of carbonyl (C=O) groups is 1. The van der Waals surface area contributed by atoms with Crippen LogP contribution in [0.25, 0.3) is 10.9 Å². The molecule has 0 aliphatic carbocycles. The molecule has 1 heterocycles. The van der Waals surface area contributed by atoms with Gasteiger partial charge in [-0.2, -0.15) is 5.10 Å². The monoisotopic (exact) mass is 521 g/mol. The van der Waals surface area contributed by atoms with Gasteiger partial charge in [0, 0.05) is 17.3 Å². The van der Waals surface area contributed by atoms with Crippen LogP contribution in [-0.2, 0) is 4.79 Å². The van der Waals surface area contributed by atoms with Crippen LogP contribution in [0.15, 0.2) is 75.4 Å². The van der Waals surface area contributed by atoms with Gasteiger partial charge in [0.15, 0.2) is 12.4 Å². The SMILES string of the molecule is CCOc1cc(C=Nn2c(=O)[nH]c3ccccc3c2=O)cc([N+](=O)[O-])c1OCC(=O)Nc1ccc(F)cc1. The first-order chi connectivity index (χ1) is 18.3. The number of anilines is 1. The molecule has 0 bridgehead atoms. The Morgan fingerprint density at radius 1 is 1.16 bits per heavy atom. The highest BCUT2D eigenvalue weighted by atomic mass is 19.1. The number of nitro groups is 1. The molecule has 13 heteroatoms. The normalized spacial score (nSPS) is 11.0. The van der Waals surface area contributed by atoms with Gasteiger partial charge in [0.05, 0.1) is 28.6 Å². The average Bonchev–Trinajstić information content (AvgIpc) is 2.89. The van der Waals surface area contributed by atoms with Crippen molar-refractivity contribution in [1.29, 1.82) is 0 Å². The van der Waals surface area contributed by atoms with Crippen LogP contribution >= 0.6 is 0 Å². The fourth-order valence-electron chi connectivity index (χ4n) is 3.48. The molecule has 1 aromatic heterocycles. The molecule has 0 aliphatic heterocycles. The number of ether oxygens (including phenoxy) is 2. The summed E-state index contributed by atoms with van der Waals surface area (Å²) in [4.78, 5) is 50.9. The molecule has 0 spiro atoms. The number of H-pyrrole nitrogens is 1. The zero-order valence-corrected chi connectivity index (χ0v) is 19.8. The Labute approximate surface area is 213 Å². The van der Waals surface area contributed by atoms with Crippen molar-refractivity contribution in [3.05, 3.63) is 103 Å². The molecule has 2 N–H and O–H groups in total. The van der Waals surface area contributed by atoms with Crippen molar-refractivity contribution >= 4 is 34.4 Å². The van der Waals surface area contributed by atoms with Crippen molar-refractivity contribution in [2.75, 3.05) is 18.5 Å². The molecule has 0 atom stereocenters. The van der Waals surface area contributed by atoms with E-state index in [1.165, 1.54) is 24.3 Å². The summed E-state index contributed by atoms with van der Waals surface area (Å²) >= 11 is 0. The van der Waals surface area contributed by atoms with Gasteiger partial charge < -0.3 is 19.8 Å². The number of halogens is 1. The number of carbonyl (C=O) groups excluding carboxylic acids is 1. The van der Waals surface area contributed by atoms with Crippen LogP contribution in [0.1, 0.15) is 12.5 Å². The van der Waals surface area contributed by atoms with E-state index in [1.54, 1.807) is 25.1 Å². The second kappa shape index (κ2) is 11.2. The van der Waals surface area contributed by atoms with Crippen molar-refractivity contribution < 1.29 is 23.6 Å². The highest BCUT2D eigenvalue weighted by Crippen LogP contribution is 2.38. The number of aromatic amines is 1. The summed E-state index contributed by atoms with van der Waals surface area (Å²) in [6.45, 7) is 1.15. The summed E-state index contributed by atoms with van der Waals surface area (Å²) in [7, 11) is 0. The zero-order chi connectivity index (χ0) is 27.2. The third kappa shape index (κ3) is 5.73. The van der Waals surface area contributed by atoms with E-state index in [9.17, 15) is 28.9 Å². The van der Waals surface area contributed by atoms with Crippen LogP contribution in [0.4, 0.5) is 15.8 Å². The predicted molar refractivity (Wildman–Crippen MR) is 137 cm³/mol. The summed E-state index contributed by atoms with van der Waals surface area (Å²) in [6, 6.07) is 13.9. The van der Waals surface area contributed by atoms with Gasteiger partial charge in [0.2, 0.25) is 5.75 Å². The lowest BCUT2D eigenvalue weighted by Crippen LogP contribution is -2.32. The summed E-state index contributed by atoms with van der Waals surface area (Å²) in [5.74, 6) is -1.48. The van der Waals surface area contributed by atoms with E-state index in [-0.39, 0.29) is 29.1 Å². The molecule has 38 heavy (non-hydrogen) atoms. The maximum atomic E-state index is 13.1. The molecule has 194 valence electrons. The van der Waals surface area contributed by atoms with Gasteiger partial charge in [-0.05, 0) is 49.4 Å². The number of fused-ring (bicyclic) bond motifs is 1. The molecule has 0 fully saturated rings. The number of amides is 1. The Balaban J connectivity index is 1.63. The fourth-order valence-corrected chi connectivity index (χ4v) is 3.48. The number of rotatable bonds is 9. The van der Waals surface area contributed by atoms with Crippen molar-refractivity contribution in [2.24, 2.45) is 5.10 Å². The zero-order valence-electron chi connectivity index (χ0n) is 19.8. The smallest absolute Gasteiger partial charge is 0.349 e. The van der Waals surface area contributed by atoms with Crippen LogP contribution in [0, 0.1) is 15.9 Å². The third-order valence-electron chi connectivity index (χ3n) is 5.14. The molecule has 0 radical (unpaired) electrons. The van der Waals surface area contributed by atoms with Crippen molar-refractivity contribution in [3.63, 3.8) is 0 Å². The molecular formula is C25H20FN5O7. The van der Waals surface area contributed by atoms with Gasteiger partial charge in [-0.15, -0.1) is 4.68 Å². The van der Waals surface area contributed by atoms with Crippen LogP contribution in [0.2, 0.25) is 0 Å². The average molecular weight is 521 g/mol. The third-order valence-corrected chi connectivity index (χ3v) is 5.14. The largest absolute Gasteiger partial charge is 0.490 e. The second-order valence-electron chi connectivity index (χ2n) is 7.74. The van der Waals surface area contributed by atoms with E-state index >= 15 is 0 Å². The van der Waals surface area contributed by atoms with E-state index in [2.05, 4.69) is 15.4 Å². The van der Waals surface area contributed by atoms with Crippen LogP contribution < -0.4 is 26.0 Å². The maximum absolute atomic E-state index is 13.1. The van der Waals surface area contributed by atoms with Crippen molar-refractivity contribution in [1.82, 2.24) is 9.66 Å². The van der Waals surface area contributed by atoms with Crippen LogP contribution in [0.5, 0.6) is 11.5 Å². The number of benzene rings is 3. The van der Waals surface area contributed by atoms with Gasteiger partial charge >= 0.3 is 11.4 Å². The first-order valence-corrected chi connectivity index (χ1v) is 11.2. The topological polar surface area (TPSA) is 158 Å². The molecule has 4 aromatic rings. The van der Waals surface area contributed by atoms with E-state index in [0.717, 1.165) is 24.4 Å². The minimum absolute atomic E-state index is 0.0579.